The number of aryl methyl sites for hydroxylation is 1. The molecule has 1 aromatic carbocycles. The predicted octanol–water partition coefficient (Wildman–Crippen LogP) is 2.59. The lowest BCUT2D eigenvalue weighted by atomic mass is 10.1. The van der Waals surface area contributed by atoms with Crippen LogP contribution >= 0.6 is 11.3 Å². The van der Waals surface area contributed by atoms with Crippen LogP contribution in [0.3, 0.4) is 0 Å². The summed E-state index contributed by atoms with van der Waals surface area (Å²) in [6, 6.07) is 11.1. The van der Waals surface area contributed by atoms with Crippen LogP contribution < -0.4 is 9.46 Å². The van der Waals surface area contributed by atoms with Crippen molar-refractivity contribution in [1.29, 1.82) is 0 Å². The molecule has 1 heterocycles. The summed E-state index contributed by atoms with van der Waals surface area (Å²) >= 11 is 1.28. The molecule has 0 amide bonds. The second-order valence-corrected chi connectivity index (χ2v) is 7.65. The Morgan fingerprint density at radius 2 is 2.05 bits per heavy atom. The molecule has 2 aromatic rings. The number of hydrogen-bond acceptors (Lipinski definition) is 4. The zero-order valence-electron chi connectivity index (χ0n) is 11.4. The maximum absolute atomic E-state index is 12.0. The number of benzene rings is 1. The molecule has 108 valence electrons. The second-order valence-electron chi connectivity index (χ2n) is 4.36. The molecule has 0 radical (unpaired) electrons. The van der Waals surface area contributed by atoms with Gasteiger partial charge in [-0.25, -0.2) is 13.1 Å². The highest BCUT2D eigenvalue weighted by Crippen LogP contribution is 2.20. The van der Waals surface area contributed by atoms with Gasteiger partial charge in [-0.1, -0.05) is 12.1 Å². The predicted molar refractivity (Wildman–Crippen MR) is 80.9 cm³/mol. The molecule has 0 atom stereocenters. The van der Waals surface area contributed by atoms with Gasteiger partial charge in [0.25, 0.3) is 0 Å². The summed E-state index contributed by atoms with van der Waals surface area (Å²) in [5, 5.41) is 0. The van der Waals surface area contributed by atoms with E-state index in [0.29, 0.717) is 17.2 Å². The molecule has 1 aromatic heterocycles. The van der Waals surface area contributed by atoms with Gasteiger partial charge in [-0.15, -0.1) is 11.3 Å². The highest BCUT2D eigenvalue weighted by Gasteiger charge is 2.15. The van der Waals surface area contributed by atoms with Gasteiger partial charge < -0.3 is 4.74 Å². The van der Waals surface area contributed by atoms with Crippen molar-refractivity contribution in [3.05, 3.63) is 46.8 Å². The summed E-state index contributed by atoms with van der Waals surface area (Å²) in [6.45, 7) is 2.26. The third kappa shape index (κ3) is 3.82. The van der Waals surface area contributed by atoms with Crippen molar-refractivity contribution in [2.45, 2.75) is 17.6 Å². The van der Waals surface area contributed by atoms with Crippen LogP contribution in [0.15, 0.2) is 40.6 Å². The summed E-state index contributed by atoms with van der Waals surface area (Å²) in [7, 11) is -1.78. The number of nitrogens with one attached hydrogen (secondary N) is 1. The maximum atomic E-state index is 12.0. The van der Waals surface area contributed by atoms with Gasteiger partial charge in [0, 0.05) is 11.4 Å². The van der Waals surface area contributed by atoms with E-state index in [4.69, 9.17) is 4.74 Å². The molecule has 0 saturated heterocycles. The fraction of sp³-hybridized carbons (Fsp3) is 0.286. The Morgan fingerprint density at radius 1 is 1.25 bits per heavy atom. The van der Waals surface area contributed by atoms with E-state index in [9.17, 15) is 8.42 Å². The van der Waals surface area contributed by atoms with E-state index < -0.39 is 10.0 Å². The van der Waals surface area contributed by atoms with Crippen molar-refractivity contribution in [3.63, 3.8) is 0 Å². The molecule has 0 fully saturated rings. The van der Waals surface area contributed by atoms with Crippen LogP contribution in [0.4, 0.5) is 0 Å². The third-order valence-corrected chi connectivity index (χ3v) is 5.77. The monoisotopic (exact) mass is 311 g/mol. The van der Waals surface area contributed by atoms with Crippen LogP contribution in [-0.4, -0.2) is 22.1 Å². The van der Waals surface area contributed by atoms with Gasteiger partial charge in [0.05, 0.1) is 7.11 Å². The summed E-state index contributed by atoms with van der Waals surface area (Å²) in [4.78, 5) is 0.984. The number of hydrogen-bond donors (Lipinski definition) is 1. The van der Waals surface area contributed by atoms with Crippen molar-refractivity contribution < 1.29 is 13.2 Å². The van der Waals surface area contributed by atoms with Gasteiger partial charge >= 0.3 is 0 Å². The van der Waals surface area contributed by atoms with Crippen molar-refractivity contribution >= 4 is 21.4 Å². The molecule has 4 nitrogen and oxygen atoms in total. The fourth-order valence-electron chi connectivity index (χ4n) is 1.79. The van der Waals surface area contributed by atoms with Crippen molar-refractivity contribution in [2.75, 3.05) is 13.7 Å². The normalized spacial score (nSPS) is 11.5. The zero-order chi connectivity index (χ0) is 14.6. The van der Waals surface area contributed by atoms with Crippen molar-refractivity contribution in [2.24, 2.45) is 0 Å². The van der Waals surface area contributed by atoms with Crippen LogP contribution in [0.5, 0.6) is 5.75 Å². The number of rotatable bonds is 6. The first-order valence-electron chi connectivity index (χ1n) is 6.20. The fourth-order valence-corrected chi connectivity index (χ4v) is 4.15. The van der Waals surface area contributed by atoms with Crippen LogP contribution in [0.2, 0.25) is 0 Å². The lowest BCUT2D eigenvalue weighted by Gasteiger charge is -2.06. The summed E-state index contributed by atoms with van der Waals surface area (Å²) in [5.74, 6) is 0.777. The first-order chi connectivity index (χ1) is 9.51. The standard InChI is InChI=1S/C14H17NO3S2/c1-11-6-7-14(19-11)20(16,17)15-9-8-12-4-3-5-13(10-12)18-2/h3-7,10,15H,8-9H2,1-2H3. The van der Waals surface area contributed by atoms with Crippen LogP contribution in [0.25, 0.3) is 0 Å². The van der Waals surface area contributed by atoms with E-state index in [1.54, 1.807) is 19.2 Å². The van der Waals surface area contributed by atoms with Gasteiger partial charge in [-0.3, -0.25) is 0 Å². The Balaban J connectivity index is 1.95. The first-order valence-corrected chi connectivity index (χ1v) is 8.50. The molecule has 6 heteroatoms. The molecular formula is C14H17NO3S2. The van der Waals surface area contributed by atoms with E-state index in [1.165, 1.54) is 11.3 Å². The molecule has 0 saturated carbocycles. The van der Waals surface area contributed by atoms with E-state index >= 15 is 0 Å². The van der Waals surface area contributed by atoms with Gasteiger partial charge in [0.2, 0.25) is 10.0 Å². The Morgan fingerprint density at radius 3 is 2.70 bits per heavy atom. The number of thiophene rings is 1. The molecule has 0 spiro atoms. The minimum atomic E-state index is -3.39. The lowest BCUT2D eigenvalue weighted by molar-refractivity contribution is 0.414. The second kappa shape index (κ2) is 6.39. The van der Waals surface area contributed by atoms with Crippen LogP contribution in [0.1, 0.15) is 10.4 Å². The van der Waals surface area contributed by atoms with E-state index in [0.717, 1.165) is 16.2 Å². The molecule has 20 heavy (non-hydrogen) atoms. The third-order valence-electron chi connectivity index (χ3n) is 2.82. The average molecular weight is 311 g/mol. The molecule has 0 aliphatic carbocycles. The van der Waals surface area contributed by atoms with Crippen LogP contribution in [-0.2, 0) is 16.4 Å². The van der Waals surface area contributed by atoms with E-state index in [-0.39, 0.29) is 0 Å². The number of sulfonamides is 1. The SMILES string of the molecule is COc1cccc(CCNS(=O)(=O)c2ccc(C)s2)c1. The highest BCUT2D eigenvalue weighted by molar-refractivity contribution is 7.91. The lowest BCUT2D eigenvalue weighted by Crippen LogP contribution is -2.25. The largest absolute Gasteiger partial charge is 0.497 e. The molecule has 0 unspecified atom stereocenters. The molecule has 0 bridgehead atoms. The first kappa shape index (κ1) is 15.0. The molecule has 0 aliphatic rings. The minimum Gasteiger partial charge on any atom is -0.497 e. The molecule has 1 N–H and O–H groups in total. The van der Waals surface area contributed by atoms with Crippen LogP contribution in [0, 0.1) is 6.92 Å². The zero-order valence-corrected chi connectivity index (χ0v) is 13.1. The Labute approximate surface area is 123 Å². The summed E-state index contributed by atoms with van der Waals surface area (Å²) < 4.78 is 32.2. The summed E-state index contributed by atoms with van der Waals surface area (Å²) in [5.41, 5.74) is 1.04. The van der Waals surface area contributed by atoms with Gasteiger partial charge in [0.1, 0.15) is 9.96 Å². The minimum absolute atomic E-state index is 0.362. The van der Waals surface area contributed by atoms with E-state index in [1.807, 2.05) is 31.2 Å². The Hall–Kier alpha value is -1.37. The van der Waals surface area contributed by atoms with E-state index in [2.05, 4.69) is 4.72 Å². The number of methoxy groups -OCH3 is 1. The summed E-state index contributed by atoms with van der Waals surface area (Å²) in [6.07, 6.45) is 0.626. The Kier molecular flexibility index (Phi) is 4.80. The molecular weight excluding hydrogens is 294 g/mol. The van der Waals surface area contributed by atoms with Gasteiger partial charge in [-0.2, -0.15) is 0 Å². The Bertz CT molecular complexity index is 677. The van der Waals surface area contributed by atoms with Gasteiger partial charge in [-0.05, 0) is 43.2 Å². The molecule has 0 aliphatic heterocycles. The van der Waals surface area contributed by atoms with Gasteiger partial charge in [0.15, 0.2) is 0 Å². The smallest absolute Gasteiger partial charge is 0.250 e. The topological polar surface area (TPSA) is 55.4 Å². The molecule has 2 rings (SSSR count). The van der Waals surface area contributed by atoms with Crippen molar-refractivity contribution in [3.8, 4) is 5.75 Å². The quantitative estimate of drug-likeness (QED) is 0.892. The number of ether oxygens (including phenoxy) is 1. The highest BCUT2D eigenvalue weighted by atomic mass is 32.2. The maximum Gasteiger partial charge on any atom is 0.250 e. The van der Waals surface area contributed by atoms with Crippen molar-refractivity contribution in [1.82, 2.24) is 4.72 Å². The average Bonchev–Trinajstić information content (AvgIpc) is 2.86.